The number of carboxylic acids is 2. The average molecular weight is 402 g/mol. The van der Waals surface area contributed by atoms with Gasteiger partial charge in [0.2, 0.25) is 0 Å². The topological polar surface area (TPSA) is 132 Å². The number of hydrogen-bond acceptors (Lipinski definition) is 4. The summed E-state index contributed by atoms with van der Waals surface area (Å²) in [5.74, 6) is -2.21. The van der Waals surface area contributed by atoms with Crippen LogP contribution in [0.4, 0.5) is 0 Å². The zero-order chi connectivity index (χ0) is 20.8. The predicted octanol–water partition coefficient (Wildman–Crippen LogP) is 3.28. The molecule has 0 amide bonds. The molecule has 0 aromatic carbocycles. The molecule has 2 aliphatic heterocycles. The number of aryl methyl sites for hydroxylation is 4. The number of carboxylic acid groups (broad SMARTS) is 2. The lowest BCUT2D eigenvalue weighted by Gasteiger charge is -1.97. The van der Waals surface area contributed by atoms with Crippen LogP contribution in [0.25, 0.3) is 22.1 Å². The SMILES string of the molecule is O=C(O)c1c2nc(c(C(=O)O)c3ccc(cc4nc(cc5ccc1[nH]5)CC4)[nH]3)CC2. The number of carbonyl (C=O) groups is 2. The van der Waals surface area contributed by atoms with Crippen molar-refractivity contribution in [1.29, 1.82) is 0 Å². The van der Waals surface area contributed by atoms with Crippen LogP contribution in [-0.4, -0.2) is 42.1 Å². The molecule has 0 atom stereocenters. The molecule has 0 unspecified atom stereocenters. The summed E-state index contributed by atoms with van der Waals surface area (Å²) < 4.78 is 0. The van der Waals surface area contributed by atoms with Crippen molar-refractivity contribution in [2.45, 2.75) is 25.7 Å². The molecule has 8 nitrogen and oxygen atoms in total. The number of aromatic nitrogens is 4. The summed E-state index contributed by atoms with van der Waals surface area (Å²) in [6, 6.07) is 10.9. The molecule has 3 aromatic heterocycles. The second kappa shape index (κ2) is 6.84. The zero-order valence-corrected chi connectivity index (χ0v) is 15.9. The largest absolute Gasteiger partial charge is 0.478 e. The number of nitrogens with one attached hydrogen (secondary N) is 2. The highest BCUT2D eigenvalue weighted by molar-refractivity contribution is 5.98. The van der Waals surface area contributed by atoms with Crippen molar-refractivity contribution in [2.24, 2.45) is 0 Å². The molecule has 0 saturated heterocycles. The summed E-state index contributed by atoms with van der Waals surface area (Å²) in [6.45, 7) is 0. The number of rotatable bonds is 2. The summed E-state index contributed by atoms with van der Waals surface area (Å²) in [6.07, 6.45) is 2.27. The van der Waals surface area contributed by atoms with E-state index in [9.17, 15) is 19.8 Å². The van der Waals surface area contributed by atoms with Crippen molar-refractivity contribution in [1.82, 2.24) is 19.9 Å². The molecule has 4 N–H and O–H groups in total. The summed E-state index contributed by atoms with van der Waals surface area (Å²) in [5.41, 5.74) is 5.05. The van der Waals surface area contributed by atoms with E-state index in [0.717, 1.165) is 35.3 Å². The highest BCUT2D eigenvalue weighted by Gasteiger charge is 2.22. The van der Waals surface area contributed by atoms with Gasteiger partial charge in [-0.3, -0.25) is 9.97 Å². The van der Waals surface area contributed by atoms with E-state index in [-0.39, 0.29) is 11.1 Å². The molecule has 8 bridgehead atoms. The fourth-order valence-corrected chi connectivity index (χ4v) is 4.07. The third-order valence-corrected chi connectivity index (χ3v) is 5.40. The molecule has 150 valence electrons. The Hall–Kier alpha value is -3.94. The molecular weight excluding hydrogens is 384 g/mol. The van der Waals surface area contributed by atoms with Crippen molar-refractivity contribution in [3.8, 4) is 0 Å². The van der Waals surface area contributed by atoms with Crippen LogP contribution < -0.4 is 0 Å². The van der Waals surface area contributed by atoms with Gasteiger partial charge in [-0.15, -0.1) is 0 Å². The molecule has 0 radical (unpaired) electrons. The third kappa shape index (κ3) is 3.12. The first-order valence-corrected chi connectivity index (χ1v) is 9.64. The van der Waals surface area contributed by atoms with Gasteiger partial charge in [0.05, 0.1) is 22.4 Å². The quantitative estimate of drug-likeness (QED) is 0.520. The Morgan fingerprint density at radius 3 is 1.60 bits per heavy atom. The minimum absolute atomic E-state index is 0.0580. The molecule has 8 heteroatoms. The molecule has 0 saturated carbocycles. The molecule has 0 aliphatic carbocycles. The van der Waals surface area contributed by atoms with E-state index >= 15 is 0 Å². The van der Waals surface area contributed by atoms with Gasteiger partial charge >= 0.3 is 11.9 Å². The summed E-state index contributed by atoms with van der Waals surface area (Å²) in [7, 11) is 0. The first-order valence-electron chi connectivity index (χ1n) is 9.64. The van der Waals surface area contributed by atoms with E-state index in [1.165, 1.54) is 0 Å². The number of aromatic carboxylic acids is 2. The van der Waals surface area contributed by atoms with E-state index in [0.29, 0.717) is 35.3 Å². The summed E-state index contributed by atoms with van der Waals surface area (Å²) >= 11 is 0. The standard InChI is InChI=1S/C22H18N4O4/c27-21(28)19-15-5-3-13(24-15)9-11-1-2-12(23-11)10-14-4-6-16(25-14)20(22(29)30)18-8-7-17(19)26-18/h3-6,9-10,24-25H,1-2,7-8H2,(H,27,28)(H,29,30). The normalized spacial score (nSPS) is 13.3. The maximum atomic E-state index is 12.0. The first-order chi connectivity index (χ1) is 14.5. The smallest absolute Gasteiger partial charge is 0.339 e. The van der Waals surface area contributed by atoms with Crippen molar-refractivity contribution < 1.29 is 19.8 Å². The number of fused-ring (bicyclic) bond motifs is 8. The fourth-order valence-electron chi connectivity index (χ4n) is 4.07. The van der Waals surface area contributed by atoms with Gasteiger partial charge in [0.1, 0.15) is 11.1 Å². The van der Waals surface area contributed by atoms with Crippen LogP contribution in [0.3, 0.4) is 0 Å². The molecule has 0 fully saturated rings. The molecule has 5 heterocycles. The van der Waals surface area contributed by atoms with Gasteiger partial charge in [-0.25, -0.2) is 9.59 Å². The van der Waals surface area contributed by atoms with Gasteiger partial charge in [-0.2, -0.15) is 0 Å². The summed E-state index contributed by atoms with van der Waals surface area (Å²) in [5, 5.41) is 19.6. The van der Waals surface area contributed by atoms with Gasteiger partial charge in [0.15, 0.2) is 0 Å². The lowest BCUT2D eigenvalue weighted by Crippen LogP contribution is -2.02. The maximum Gasteiger partial charge on any atom is 0.339 e. The van der Waals surface area contributed by atoms with E-state index in [1.807, 2.05) is 24.3 Å². The number of H-pyrrole nitrogens is 2. The Morgan fingerprint density at radius 2 is 1.17 bits per heavy atom. The number of hydrogen-bond donors (Lipinski definition) is 4. The monoisotopic (exact) mass is 402 g/mol. The van der Waals surface area contributed by atoms with Crippen molar-refractivity contribution in [3.05, 3.63) is 70.3 Å². The lowest BCUT2D eigenvalue weighted by atomic mass is 10.1. The van der Waals surface area contributed by atoms with Crippen molar-refractivity contribution in [2.75, 3.05) is 0 Å². The van der Waals surface area contributed by atoms with Crippen LogP contribution in [0.2, 0.25) is 0 Å². The molecular formula is C22H18N4O4. The van der Waals surface area contributed by atoms with Crippen LogP contribution in [0.5, 0.6) is 0 Å². The van der Waals surface area contributed by atoms with Crippen LogP contribution in [0, 0.1) is 0 Å². The van der Waals surface area contributed by atoms with E-state index in [4.69, 9.17) is 0 Å². The minimum Gasteiger partial charge on any atom is -0.478 e. The van der Waals surface area contributed by atoms with Crippen LogP contribution in [0.15, 0.2) is 36.4 Å². The van der Waals surface area contributed by atoms with Gasteiger partial charge in [-0.1, -0.05) is 0 Å². The number of aromatic amines is 2. The Morgan fingerprint density at radius 1 is 0.700 bits per heavy atom. The molecule has 5 rings (SSSR count). The molecule has 0 spiro atoms. The van der Waals surface area contributed by atoms with E-state index in [2.05, 4.69) is 19.9 Å². The van der Waals surface area contributed by atoms with Crippen molar-refractivity contribution >= 4 is 34.0 Å². The average Bonchev–Trinajstić information content (AvgIpc) is 3.46. The van der Waals surface area contributed by atoms with Crippen LogP contribution in [-0.2, 0) is 25.7 Å². The molecule has 30 heavy (non-hydrogen) atoms. The highest BCUT2D eigenvalue weighted by Crippen LogP contribution is 2.23. The molecule has 2 aliphatic rings. The fraction of sp³-hybridized carbons (Fsp3) is 0.182. The van der Waals surface area contributed by atoms with Gasteiger partial charge in [0.25, 0.3) is 0 Å². The first kappa shape index (κ1) is 18.1. The zero-order valence-electron chi connectivity index (χ0n) is 15.9. The van der Waals surface area contributed by atoms with Gasteiger partial charge in [0, 0.05) is 22.4 Å². The Balaban J connectivity index is 1.94. The third-order valence-electron chi connectivity index (χ3n) is 5.40. The Kier molecular flexibility index (Phi) is 4.13. The lowest BCUT2D eigenvalue weighted by molar-refractivity contribution is 0.0686. The van der Waals surface area contributed by atoms with E-state index < -0.39 is 11.9 Å². The number of nitrogens with zero attached hydrogens (tertiary/aromatic N) is 2. The van der Waals surface area contributed by atoms with Crippen LogP contribution >= 0.6 is 0 Å². The van der Waals surface area contributed by atoms with Gasteiger partial charge in [-0.05, 0) is 62.1 Å². The van der Waals surface area contributed by atoms with Crippen molar-refractivity contribution in [3.63, 3.8) is 0 Å². The maximum absolute atomic E-state index is 12.0. The van der Waals surface area contributed by atoms with Crippen LogP contribution in [0.1, 0.15) is 43.5 Å². The second-order valence-corrected chi connectivity index (χ2v) is 7.40. The Bertz CT molecular complexity index is 1270. The molecule has 3 aromatic rings. The van der Waals surface area contributed by atoms with E-state index in [1.54, 1.807) is 12.1 Å². The van der Waals surface area contributed by atoms with Gasteiger partial charge < -0.3 is 20.2 Å². The minimum atomic E-state index is -1.10. The second-order valence-electron chi connectivity index (χ2n) is 7.40. The highest BCUT2D eigenvalue weighted by atomic mass is 16.4. The summed E-state index contributed by atoms with van der Waals surface area (Å²) in [4.78, 5) is 39.4. The predicted molar refractivity (Wildman–Crippen MR) is 110 cm³/mol. The Labute approximate surface area is 170 Å².